The number of hydrogen-bond acceptors (Lipinski definition) is 5. The summed E-state index contributed by atoms with van der Waals surface area (Å²) in [5, 5.41) is 3.24. The van der Waals surface area contributed by atoms with Crippen LogP contribution in [-0.4, -0.2) is 18.4 Å². The van der Waals surface area contributed by atoms with E-state index in [9.17, 15) is 8.42 Å². The Kier molecular flexibility index (Phi) is 5.61. The molecule has 1 heterocycles. The molecule has 2 N–H and O–H groups in total. The molecule has 0 saturated heterocycles. The van der Waals surface area contributed by atoms with Crippen molar-refractivity contribution in [1.29, 1.82) is 0 Å². The topological polar surface area (TPSA) is 84.0 Å². The molecule has 4 rings (SSSR count). The van der Waals surface area contributed by atoms with Crippen LogP contribution in [0.4, 0.5) is 17.3 Å². The third kappa shape index (κ3) is 4.51. The summed E-state index contributed by atoms with van der Waals surface area (Å²) in [6.45, 7) is 5.72. The van der Waals surface area contributed by atoms with Crippen LogP contribution in [-0.2, 0) is 16.4 Å². The highest BCUT2D eigenvalue weighted by Crippen LogP contribution is 2.28. The molecule has 0 unspecified atom stereocenters. The van der Waals surface area contributed by atoms with E-state index in [-0.39, 0.29) is 10.7 Å². The van der Waals surface area contributed by atoms with Gasteiger partial charge in [0, 0.05) is 5.69 Å². The van der Waals surface area contributed by atoms with Gasteiger partial charge >= 0.3 is 0 Å². The van der Waals surface area contributed by atoms with Crippen molar-refractivity contribution in [2.24, 2.45) is 0 Å². The van der Waals surface area contributed by atoms with Crippen LogP contribution >= 0.6 is 0 Å². The molecule has 0 radical (unpaired) electrons. The first-order valence-corrected chi connectivity index (χ1v) is 11.6. The van der Waals surface area contributed by atoms with Crippen LogP contribution in [0.2, 0.25) is 0 Å². The number of anilines is 3. The van der Waals surface area contributed by atoms with E-state index in [1.54, 1.807) is 25.1 Å². The van der Waals surface area contributed by atoms with Gasteiger partial charge in [0.2, 0.25) is 0 Å². The molecule has 31 heavy (non-hydrogen) atoms. The molecule has 0 saturated carbocycles. The maximum atomic E-state index is 13.2. The Bertz CT molecular complexity index is 1370. The molecule has 0 aliphatic rings. The SMILES string of the molecule is CCc1cccc(Nc2nc3ccccc3nc2NS(=O)(=O)c2cc(C)ccc2C)c1. The van der Waals surface area contributed by atoms with E-state index in [1.165, 1.54) is 0 Å². The second-order valence-corrected chi connectivity index (χ2v) is 9.11. The van der Waals surface area contributed by atoms with Crippen LogP contribution < -0.4 is 10.0 Å². The van der Waals surface area contributed by atoms with Gasteiger partial charge in [-0.05, 0) is 67.3 Å². The van der Waals surface area contributed by atoms with E-state index >= 15 is 0 Å². The minimum absolute atomic E-state index is 0.154. The van der Waals surface area contributed by atoms with Gasteiger partial charge in [0.1, 0.15) is 0 Å². The quantitative estimate of drug-likeness (QED) is 0.429. The number of nitrogens with zero attached hydrogens (tertiary/aromatic N) is 2. The van der Waals surface area contributed by atoms with Crippen molar-refractivity contribution in [3.63, 3.8) is 0 Å². The lowest BCUT2D eigenvalue weighted by Gasteiger charge is -2.15. The summed E-state index contributed by atoms with van der Waals surface area (Å²) in [6.07, 6.45) is 0.894. The molecule has 6 nitrogen and oxygen atoms in total. The monoisotopic (exact) mass is 432 g/mol. The van der Waals surface area contributed by atoms with Crippen LogP contribution in [0.3, 0.4) is 0 Å². The van der Waals surface area contributed by atoms with Gasteiger partial charge in [-0.25, -0.2) is 18.4 Å². The van der Waals surface area contributed by atoms with Gasteiger partial charge in [-0.3, -0.25) is 4.72 Å². The zero-order valence-corrected chi connectivity index (χ0v) is 18.5. The highest BCUT2D eigenvalue weighted by atomic mass is 32.2. The third-order valence-corrected chi connectivity index (χ3v) is 6.51. The van der Waals surface area contributed by atoms with Crippen molar-refractivity contribution in [3.8, 4) is 0 Å². The fourth-order valence-corrected chi connectivity index (χ4v) is 4.68. The summed E-state index contributed by atoms with van der Waals surface area (Å²) in [4.78, 5) is 9.43. The smallest absolute Gasteiger partial charge is 0.263 e. The second kappa shape index (κ2) is 8.35. The van der Waals surface area contributed by atoms with Crippen molar-refractivity contribution in [2.75, 3.05) is 10.0 Å². The predicted molar refractivity (Wildman–Crippen MR) is 125 cm³/mol. The fraction of sp³-hybridized carbons (Fsp3) is 0.167. The van der Waals surface area contributed by atoms with E-state index in [0.717, 1.165) is 23.2 Å². The summed E-state index contributed by atoms with van der Waals surface area (Å²) in [5.41, 5.74) is 4.79. The summed E-state index contributed by atoms with van der Waals surface area (Å²) in [6, 6.07) is 20.6. The molecule has 0 aliphatic heterocycles. The molecule has 1 aromatic heterocycles. The van der Waals surface area contributed by atoms with Gasteiger partial charge in [0.15, 0.2) is 11.6 Å². The average Bonchev–Trinajstić information content (AvgIpc) is 2.75. The molecule has 0 fully saturated rings. The average molecular weight is 433 g/mol. The first kappa shape index (κ1) is 20.8. The van der Waals surface area contributed by atoms with E-state index in [2.05, 4.69) is 26.9 Å². The first-order chi connectivity index (χ1) is 14.9. The van der Waals surface area contributed by atoms with Crippen LogP contribution in [0.25, 0.3) is 11.0 Å². The Morgan fingerprint density at radius 2 is 1.55 bits per heavy atom. The number of nitrogens with one attached hydrogen (secondary N) is 2. The van der Waals surface area contributed by atoms with Gasteiger partial charge in [-0.15, -0.1) is 0 Å². The first-order valence-electron chi connectivity index (χ1n) is 10.1. The lowest BCUT2D eigenvalue weighted by atomic mass is 10.1. The Hall–Kier alpha value is -3.45. The minimum Gasteiger partial charge on any atom is -0.337 e. The molecule has 3 aromatic carbocycles. The molecular formula is C24H24N4O2S. The number of rotatable bonds is 6. The molecule has 0 bridgehead atoms. The Balaban J connectivity index is 1.80. The molecule has 0 spiro atoms. The second-order valence-electron chi connectivity index (χ2n) is 7.46. The van der Waals surface area contributed by atoms with Crippen LogP contribution in [0.1, 0.15) is 23.6 Å². The Morgan fingerprint density at radius 3 is 2.26 bits per heavy atom. The normalized spacial score (nSPS) is 11.5. The molecule has 7 heteroatoms. The summed E-state index contributed by atoms with van der Waals surface area (Å²) < 4.78 is 29.1. The molecule has 0 amide bonds. The van der Waals surface area contributed by atoms with Crippen molar-refractivity contribution in [3.05, 3.63) is 83.4 Å². The summed E-state index contributed by atoms with van der Waals surface area (Å²) in [5.74, 6) is 0.502. The molecule has 0 atom stereocenters. The van der Waals surface area contributed by atoms with Crippen LogP contribution in [0.5, 0.6) is 0 Å². The number of para-hydroxylation sites is 2. The van der Waals surface area contributed by atoms with Crippen LogP contribution in [0.15, 0.2) is 71.6 Å². The molecule has 0 aliphatic carbocycles. The van der Waals surface area contributed by atoms with Crippen molar-refractivity contribution in [1.82, 2.24) is 9.97 Å². The van der Waals surface area contributed by atoms with E-state index in [1.807, 2.05) is 55.5 Å². The van der Waals surface area contributed by atoms with E-state index in [4.69, 9.17) is 0 Å². The van der Waals surface area contributed by atoms with Crippen LogP contribution in [0, 0.1) is 13.8 Å². The predicted octanol–water partition coefficient (Wildman–Crippen LogP) is 5.35. The van der Waals surface area contributed by atoms with Crippen molar-refractivity contribution >= 4 is 38.4 Å². The summed E-state index contributed by atoms with van der Waals surface area (Å²) >= 11 is 0. The zero-order chi connectivity index (χ0) is 22.0. The number of benzene rings is 3. The maximum absolute atomic E-state index is 13.2. The van der Waals surface area contributed by atoms with Gasteiger partial charge < -0.3 is 5.32 Å². The van der Waals surface area contributed by atoms with E-state index in [0.29, 0.717) is 22.4 Å². The molecule has 4 aromatic rings. The zero-order valence-electron chi connectivity index (χ0n) is 17.7. The maximum Gasteiger partial charge on any atom is 0.263 e. The van der Waals surface area contributed by atoms with E-state index < -0.39 is 10.0 Å². The Labute approximate surface area is 182 Å². The standard InChI is InChI=1S/C24H24N4O2S/c1-4-18-8-7-9-19(15-18)25-23-24(27-21-11-6-5-10-20(21)26-23)28-31(29,30)22-14-16(2)12-13-17(22)3/h5-15H,4H2,1-3H3,(H,25,26)(H,27,28). The lowest BCUT2D eigenvalue weighted by molar-refractivity contribution is 0.600. The van der Waals surface area contributed by atoms with Gasteiger partial charge in [-0.2, -0.15) is 0 Å². The number of fused-ring (bicyclic) bond motifs is 1. The van der Waals surface area contributed by atoms with Crippen molar-refractivity contribution in [2.45, 2.75) is 32.1 Å². The van der Waals surface area contributed by atoms with Crippen molar-refractivity contribution < 1.29 is 8.42 Å². The molecule has 158 valence electrons. The highest BCUT2D eigenvalue weighted by Gasteiger charge is 2.21. The van der Waals surface area contributed by atoms with Gasteiger partial charge in [-0.1, -0.05) is 43.3 Å². The number of hydrogen-bond donors (Lipinski definition) is 2. The molecular weight excluding hydrogens is 408 g/mol. The Morgan fingerprint density at radius 1 is 0.839 bits per heavy atom. The van der Waals surface area contributed by atoms with Gasteiger partial charge in [0.25, 0.3) is 10.0 Å². The van der Waals surface area contributed by atoms with Gasteiger partial charge in [0.05, 0.1) is 15.9 Å². The number of sulfonamides is 1. The fourth-order valence-electron chi connectivity index (χ4n) is 3.34. The third-order valence-electron chi connectivity index (χ3n) is 5.03. The largest absolute Gasteiger partial charge is 0.337 e. The highest BCUT2D eigenvalue weighted by molar-refractivity contribution is 7.92. The number of aromatic nitrogens is 2. The summed E-state index contributed by atoms with van der Waals surface area (Å²) in [7, 11) is -3.86. The number of aryl methyl sites for hydroxylation is 3. The minimum atomic E-state index is -3.86. The lowest BCUT2D eigenvalue weighted by Crippen LogP contribution is -2.17.